The number of aryl methyl sites for hydroxylation is 1. The van der Waals surface area contributed by atoms with Gasteiger partial charge in [0.05, 0.1) is 5.69 Å². The molecule has 0 bridgehead atoms. The van der Waals surface area contributed by atoms with Crippen LogP contribution in [0.25, 0.3) is 0 Å². The van der Waals surface area contributed by atoms with Crippen LogP contribution in [0.4, 0.5) is 13.2 Å². The minimum absolute atomic E-state index is 0.0130. The molecule has 1 aromatic carbocycles. The Kier molecular flexibility index (Phi) is 7.67. The topological polar surface area (TPSA) is 99.5 Å². The number of benzene rings is 1. The van der Waals surface area contributed by atoms with E-state index < -0.39 is 23.4 Å². The molecule has 2 heterocycles. The van der Waals surface area contributed by atoms with E-state index in [4.69, 9.17) is 19.2 Å². The van der Waals surface area contributed by atoms with Crippen molar-refractivity contribution in [2.45, 2.75) is 64.4 Å². The van der Waals surface area contributed by atoms with Gasteiger partial charge < -0.3 is 14.2 Å². The van der Waals surface area contributed by atoms with Crippen LogP contribution in [0.1, 0.15) is 65.5 Å². The van der Waals surface area contributed by atoms with Crippen molar-refractivity contribution in [3.8, 4) is 11.5 Å². The fraction of sp³-hybridized carbons (Fsp3) is 0.480. The van der Waals surface area contributed by atoms with Crippen LogP contribution < -0.4 is 15.2 Å². The lowest BCUT2D eigenvalue weighted by Crippen LogP contribution is -2.26. The van der Waals surface area contributed by atoms with Crippen molar-refractivity contribution in [3.05, 3.63) is 68.5 Å². The maximum absolute atomic E-state index is 15.1. The highest BCUT2D eigenvalue weighted by Crippen LogP contribution is 2.43. The number of ether oxygens (including phenoxy) is 3. The van der Waals surface area contributed by atoms with E-state index in [0.717, 1.165) is 5.56 Å². The van der Waals surface area contributed by atoms with Crippen LogP contribution in [-0.2, 0) is 17.8 Å². The first-order valence-electron chi connectivity index (χ1n) is 11.6. The number of H-pyrrole nitrogens is 1. The summed E-state index contributed by atoms with van der Waals surface area (Å²) in [5.74, 6) is -3.90. The van der Waals surface area contributed by atoms with Gasteiger partial charge in [0.25, 0.3) is 0 Å². The molecule has 0 aliphatic heterocycles. The summed E-state index contributed by atoms with van der Waals surface area (Å²) in [5.41, 5.74) is 2.95. The van der Waals surface area contributed by atoms with E-state index in [-0.39, 0.29) is 37.8 Å². The molecule has 1 unspecified atom stereocenters. The summed E-state index contributed by atoms with van der Waals surface area (Å²) in [6.45, 7) is 3.28. The molecule has 4 rings (SSSR count). The second-order valence-electron chi connectivity index (χ2n) is 9.00. The van der Waals surface area contributed by atoms with Crippen LogP contribution in [0.3, 0.4) is 0 Å². The second kappa shape index (κ2) is 10.7. The number of nitrogens with zero attached hydrogens (tertiary/aromatic N) is 2. The first-order valence-corrected chi connectivity index (χ1v) is 11.6. The largest absolute Gasteiger partial charge is 0.482 e. The van der Waals surface area contributed by atoms with Gasteiger partial charge in [-0.1, -0.05) is 5.16 Å². The second-order valence-corrected chi connectivity index (χ2v) is 9.00. The highest BCUT2D eigenvalue weighted by atomic mass is 19.3. The maximum Gasteiger partial charge on any atom is 0.439 e. The Balaban J connectivity index is 1.59. The van der Waals surface area contributed by atoms with Crippen LogP contribution in [-0.4, -0.2) is 34.9 Å². The third-order valence-electron chi connectivity index (χ3n) is 6.33. The average molecular weight is 508 g/mol. The minimum Gasteiger partial charge on any atom is -0.482 e. The molecular weight excluding hydrogens is 479 g/mol. The molecule has 1 fully saturated rings. The molecule has 0 radical (unpaired) electrons. The third-order valence-corrected chi connectivity index (χ3v) is 6.33. The van der Waals surface area contributed by atoms with Crippen molar-refractivity contribution in [1.29, 1.82) is 0 Å². The van der Waals surface area contributed by atoms with Crippen molar-refractivity contribution in [2.75, 3.05) is 13.9 Å². The molecule has 1 atom stereocenters. The van der Waals surface area contributed by atoms with Crippen LogP contribution in [0.15, 0.2) is 27.5 Å². The number of aromatic amines is 1. The number of halogens is 3. The summed E-state index contributed by atoms with van der Waals surface area (Å²) in [6, 6.07) is 5.02. The zero-order valence-corrected chi connectivity index (χ0v) is 20.3. The number of nitrogens with one attached hydrogen (secondary N) is 1. The van der Waals surface area contributed by atoms with Gasteiger partial charge in [-0.2, -0.15) is 0 Å². The van der Waals surface area contributed by atoms with Gasteiger partial charge in [-0.3, -0.25) is 14.5 Å². The number of alkyl halides is 2. The van der Waals surface area contributed by atoms with Crippen LogP contribution in [0.2, 0.25) is 0 Å². The van der Waals surface area contributed by atoms with E-state index in [1.165, 1.54) is 7.11 Å². The number of hydrogen-bond donors (Lipinski definition) is 1. The highest BCUT2D eigenvalue weighted by molar-refractivity contribution is 5.45. The molecule has 0 spiro atoms. The zero-order chi connectivity index (χ0) is 25.9. The Bertz CT molecular complexity index is 1270. The van der Waals surface area contributed by atoms with E-state index in [1.807, 2.05) is 6.92 Å². The van der Waals surface area contributed by atoms with Crippen molar-refractivity contribution >= 4 is 0 Å². The van der Waals surface area contributed by atoms with Gasteiger partial charge in [0.15, 0.2) is 24.2 Å². The van der Waals surface area contributed by atoms with Gasteiger partial charge in [0, 0.05) is 38.0 Å². The number of hydrogen-bond acceptors (Lipinski definition) is 7. The van der Waals surface area contributed by atoms with Gasteiger partial charge >= 0.3 is 5.76 Å². The lowest BCUT2D eigenvalue weighted by atomic mass is 9.83. The Labute approximate surface area is 205 Å². The summed E-state index contributed by atoms with van der Waals surface area (Å²) < 4.78 is 64.0. The summed E-state index contributed by atoms with van der Waals surface area (Å²) in [5, 5.41) is 3.50. The molecule has 0 amide bonds. The van der Waals surface area contributed by atoms with E-state index in [9.17, 15) is 13.6 Å². The fourth-order valence-corrected chi connectivity index (χ4v) is 4.53. The lowest BCUT2D eigenvalue weighted by Gasteiger charge is -2.29. The minimum atomic E-state index is -2.75. The molecule has 0 saturated heterocycles. The van der Waals surface area contributed by atoms with E-state index in [2.05, 4.69) is 14.7 Å². The Morgan fingerprint density at radius 1 is 1.22 bits per heavy atom. The normalized spacial score (nSPS) is 17.2. The molecule has 194 valence electrons. The maximum atomic E-state index is 15.1. The standard InChI is InChI=1S/C25H28F3N3O5/c1-14-9-20(34-12-21-30-24(32)36-31-21)22(26)15(2)18(14)10-17-6-7-19(35-13-33-3)23(29-17)16-5-4-8-25(27,28)11-16/h6-7,9,16H,4-5,8,10-13H2,1-3H3,(H,30,31,32). The summed E-state index contributed by atoms with van der Waals surface area (Å²) >= 11 is 0. The molecule has 8 nitrogen and oxygen atoms in total. The molecular formula is C25H28F3N3O5. The predicted molar refractivity (Wildman–Crippen MR) is 123 cm³/mol. The van der Waals surface area contributed by atoms with Crippen LogP contribution in [0.5, 0.6) is 11.5 Å². The molecule has 1 N–H and O–H groups in total. The van der Waals surface area contributed by atoms with Gasteiger partial charge in [-0.15, -0.1) is 0 Å². The van der Waals surface area contributed by atoms with Gasteiger partial charge in [-0.05, 0) is 61.6 Å². The molecule has 1 aliphatic rings. The van der Waals surface area contributed by atoms with Gasteiger partial charge in [-0.25, -0.2) is 18.0 Å². The Morgan fingerprint density at radius 3 is 2.72 bits per heavy atom. The van der Waals surface area contributed by atoms with Crippen molar-refractivity contribution in [2.24, 2.45) is 0 Å². The molecule has 11 heteroatoms. The van der Waals surface area contributed by atoms with E-state index >= 15 is 4.39 Å². The summed E-state index contributed by atoms with van der Waals surface area (Å²) in [6.07, 6.45) is 0.871. The van der Waals surface area contributed by atoms with Gasteiger partial charge in [0.1, 0.15) is 12.4 Å². The van der Waals surface area contributed by atoms with Crippen LogP contribution in [0, 0.1) is 19.7 Å². The molecule has 1 saturated carbocycles. The monoisotopic (exact) mass is 507 g/mol. The van der Waals surface area contributed by atoms with Crippen molar-refractivity contribution in [1.82, 2.24) is 15.1 Å². The Hall–Kier alpha value is -3.34. The third kappa shape index (κ3) is 5.89. The predicted octanol–water partition coefficient (Wildman–Crippen LogP) is 4.96. The summed E-state index contributed by atoms with van der Waals surface area (Å²) in [4.78, 5) is 18.1. The average Bonchev–Trinajstić information content (AvgIpc) is 3.26. The van der Waals surface area contributed by atoms with E-state index in [1.54, 1.807) is 25.1 Å². The van der Waals surface area contributed by atoms with Gasteiger partial charge in [0.2, 0.25) is 5.92 Å². The number of pyridine rings is 1. The number of rotatable bonds is 9. The van der Waals surface area contributed by atoms with Crippen molar-refractivity contribution < 1.29 is 31.9 Å². The lowest BCUT2D eigenvalue weighted by molar-refractivity contribution is -0.0417. The number of methoxy groups -OCH3 is 1. The fourth-order valence-electron chi connectivity index (χ4n) is 4.53. The van der Waals surface area contributed by atoms with Crippen molar-refractivity contribution in [3.63, 3.8) is 0 Å². The first kappa shape index (κ1) is 25.7. The molecule has 1 aliphatic carbocycles. The SMILES string of the molecule is COCOc1ccc(Cc2c(C)cc(OCc3noc(=O)[nH]3)c(F)c2C)nc1C1CCCC(F)(F)C1. The molecule has 2 aromatic heterocycles. The summed E-state index contributed by atoms with van der Waals surface area (Å²) in [7, 11) is 1.48. The Morgan fingerprint density at radius 2 is 2.03 bits per heavy atom. The number of aromatic nitrogens is 3. The smallest absolute Gasteiger partial charge is 0.439 e. The first-order chi connectivity index (χ1) is 17.2. The van der Waals surface area contributed by atoms with Crippen LogP contribution >= 0.6 is 0 Å². The highest BCUT2D eigenvalue weighted by Gasteiger charge is 2.38. The van der Waals surface area contributed by atoms with E-state index in [0.29, 0.717) is 47.5 Å². The quantitative estimate of drug-likeness (QED) is 0.409. The zero-order valence-electron chi connectivity index (χ0n) is 20.3. The molecule has 3 aromatic rings. The molecule has 36 heavy (non-hydrogen) atoms.